The van der Waals surface area contributed by atoms with Crippen molar-refractivity contribution in [3.8, 4) is 5.88 Å². The van der Waals surface area contributed by atoms with Crippen LogP contribution < -0.4 is 10.1 Å². The van der Waals surface area contributed by atoms with Gasteiger partial charge in [0.15, 0.2) is 0 Å². The summed E-state index contributed by atoms with van der Waals surface area (Å²) in [6.45, 7) is 0. The van der Waals surface area contributed by atoms with Crippen molar-refractivity contribution in [3.05, 3.63) is 12.4 Å². The van der Waals surface area contributed by atoms with Crippen molar-refractivity contribution in [3.63, 3.8) is 0 Å². The van der Waals surface area contributed by atoms with Crippen LogP contribution in [0.5, 0.6) is 5.88 Å². The summed E-state index contributed by atoms with van der Waals surface area (Å²) in [5.41, 5.74) is 0. The SMILES string of the molecule is CNc1cnc(OC(F)C(F)F)cn1. The van der Waals surface area contributed by atoms with E-state index in [0.29, 0.717) is 5.82 Å². The van der Waals surface area contributed by atoms with Gasteiger partial charge in [0.2, 0.25) is 5.88 Å². The summed E-state index contributed by atoms with van der Waals surface area (Å²) in [5, 5.41) is 2.66. The molecule has 14 heavy (non-hydrogen) atoms. The monoisotopic (exact) mass is 207 g/mol. The van der Waals surface area contributed by atoms with E-state index in [1.807, 2.05) is 0 Å². The summed E-state index contributed by atoms with van der Waals surface area (Å²) in [5.74, 6) is 0.154. The van der Waals surface area contributed by atoms with Crippen molar-refractivity contribution in [1.82, 2.24) is 9.97 Å². The van der Waals surface area contributed by atoms with Crippen LogP contribution in [0.3, 0.4) is 0 Å². The Balaban J connectivity index is 2.59. The van der Waals surface area contributed by atoms with Crippen LogP contribution in [-0.4, -0.2) is 29.8 Å². The maximum Gasteiger partial charge on any atom is 0.304 e. The predicted molar refractivity (Wildman–Crippen MR) is 43.1 cm³/mol. The number of halogens is 3. The first-order valence-corrected chi connectivity index (χ1v) is 3.72. The van der Waals surface area contributed by atoms with Crippen LogP contribution in [-0.2, 0) is 0 Å². The second kappa shape index (κ2) is 4.64. The molecule has 0 amide bonds. The van der Waals surface area contributed by atoms with Crippen LogP contribution in [0.2, 0.25) is 0 Å². The largest absolute Gasteiger partial charge is 0.436 e. The fraction of sp³-hybridized carbons (Fsp3) is 0.429. The molecule has 1 N–H and O–H groups in total. The fourth-order valence-corrected chi connectivity index (χ4v) is 0.673. The Kier molecular flexibility index (Phi) is 3.49. The molecule has 78 valence electrons. The maximum atomic E-state index is 12.3. The lowest BCUT2D eigenvalue weighted by molar-refractivity contribution is -0.0692. The van der Waals surface area contributed by atoms with E-state index in [0.717, 1.165) is 6.20 Å². The molecule has 1 rings (SSSR count). The number of alkyl halides is 3. The van der Waals surface area contributed by atoms with Crippen molar-refractivity contribution in [1.29, 1.82) is 0 Å². The summed E-state index contributed by atoms with van der Waals surface area (Å²) in [6, 6.07) is 0. The van der Waals surface area contributed by atoms with Crippen LogP contribution >= 0.6 is 0 Å². The van der Waals surface area contributed by atoms with E-state index in [1.54, 1.807) is 7.05 Å². The summed E-state index contributed by atoms with van der Waals surface area (Å²) < 4.78 is 39.9. The minimum Gasteiger partial charge on any atom is -0.436 e. The van der Waals surface area contributed by atoms with Gasteiger partial charge in [-0.3, -0.25) is 0 Å². The summed E-state index contributed by atoms with van der Waals surface area (Å²) in [6.07, 6.45) is -3.57. The molecule has 0 saturated heterocycles. The lowest BCUT2D eigenvalue weighted by atomic mass is 10.6. The molecular weight excluding hydrogens is 199 g/mol. The Labute approximate surface area is 78.1 Å². The van der Waals surface area contributed by atoms with Crippen molar-refractivity contribution >= 4 is 5.82 Å². The number of hydrogen-bond donors (Lipinski definition) is 1. The zero-order chi connectivity index (χ0) is 10.6. The average Bonchev–Trinajstić information content (AvgIpc) is 2.19. The Morgan fingerprint density at radius 2 is 2.00 bits per heavy atom. The lowest BCUT2D eigenvalue weighted by Gasteiger charge is -2.08. The van der Waals surface area contributed by atoms with Crippen molar-refractivity contribution in [2.45, 2.75) is 12.8 Å². The number of ether oxygens (including phenoxy) is 1. The highest BCUT2D eigenvalue weighted by atomic mass is 19.3. The van der Waals surface area contributed by atoms with Crippen LogP contribution in [0, 0.1) is 0 Å². The van der Waals surface area contributed by atoms with Gasteiger partial charge in [-0.25, -0.2) is 18.7 Å². The van der Waals surface area contributed by atoms with Crippen LogP contribution in [0.4, 0.5) is 19.0 Å². The predicted octanol–water partition coefficient (Wildman–Crippen LogP) is 1.46. The average molecular weight is 207 g/mol. The van der Waals surface area contributed by atoms with E-state index in [9.17, 15) is 13.2 Å². The minimum atomic E-state index is -3.19. The Morgan fingerprint density at radius 1 is 1.29 bits per heavy atom. The molecule has 1 aromatic rings. The number of rotatable bonds is 4. The van der Waals surface area contributed by atoms with Gasteiger partial charge in [-0.2, -0.15) is 4.39 Å². The molecule has 7 heteroatoms. The van der Waals surface area contributed by atoms with Crippen molar-refractivity contribution in [2.75, 3.05) is 12.4 Å². The third-order valence-corrected chi connectivity index (χ3v) is 1.32. The van der Waals surface area contributed by atoms with Gasteiger partial charge in [0.25, 0.3) is 6.36 Å². The molecule has 1 atom stereocenters. The normalized spacial score (nSPS) is 12.6. The van der Waals surface area contributed by atoms with E-state index in [4.69, 9.17) is 0 Å². The maximum absolute atomic E-state index is 12.3. The molecule has 0 aromatic carbocycles. The third-order valence-electron chi connectivity index (χ3n) is 1.32. The van der Waals surface area contributed by atoms with Gasteiger partial charge in [-0.1, -0.05) is 0 Å². The van der Waals surface area contributed by atoms with Gasteiger partial charge in [0, 0.05) is 7.05 Å². The van der Waals surface area contributed by atoms with Gasteiger partial charge in [0.1, 0.15) is 5.82 Å². The second-order valence-corrected chi connectivity index (χ2v) is 2.29. The number of aromatic nitrogens is 2. The zero-order valence-electron chi connectivity index (χ0n) is 7.25. The summed E-state index contributed by atoms with van der Waals surface area (Å²) in [7, 11) is 1.61. The molecule has 4 nitrogen and oxygen atoms in total. The highest BCUT2D eigenvalue weighted by molar-refractivity contribution is 5.30. The van der Waals surface area contributed by atoms with E-state index in [1.165, 1.54) is 6.20 Å². The highest BCUT2D eigenvalue weighted by Crippen LogP contribution is 2.13. The first-order chi connectivity index (χ1) is 6.63. The van der Waals surface area contributed by atoms with E-state index < -0.39 is 12.8 Å². The minimum absolute atomic E-state index is 0.281. The topological polar surface area (TPSA) is 47.0 Å². The van der Waals surface area contributed by atoms with Gasteiger partial charge < -0.3 is 10.1 Å². The van der Waals surface area contributed by atoms with Crippen molar-refractivity contribution < 1.29 is 17.9 Å². The first-order valence-electron chi connectivity index (χ1n) is 3.72. The molecule has 0 fully saturated rings. The van der Waals surface area contributed by atoms with Gasteiger partial charge in [-0.05, 0) is 0 Å². The smallest absolute Gasteiger partial charge is 0.304 e. The standard InChI is InChI=1S/C7H8F3N3O/c1-11-4-2-13-5(3-12-4)14-7(10)6(8)9/h2-3,6-7H,1H3,(H,11,12). The Hall–Kier alpha value is -1.53. The molecular formula is C7H8F3N3O. The van der Waals surface area contributed by atoms with Gasteiger partial charge in [-0.15, -0.1) is 0 Å². The molecule has 1 unspecified atom stereocenters. The molecule has 0 aliphatic heterocycles. The number of anilines is 1. The highest BCUT2D eigenvalue weighted by Gasteiger charge is 2.21. The van der Waals surface area contributed by atoms with Gasteiger partial charge >= 0.3 is 6.43 Å². The lowest BCUT2D eigenvalue weighted by Crippen LogP contribution is -2.20. The Morgan fingerprint density at radius 3 is 2.43 bits per heavy atom. The first kappa shape index (κ1) is 10.6. The molecule has 1 aromatic heterocycles. The Bertz CT molecular complexity index is 280. The van der Waals surface area contributed by atoms with E-state index in [2.05, 4.69) is 20.0 Å². The zero-order valence-corrected chi connectivity index (χ0v) is 7.25. The van der Waals surface area contributed by atoms with E-state index >= 15 is 0 Å². The van der Waals surface area contributed by atoms with E-state index in [-0.39, 0.29) is 5.88 Å². The molecule has 0 aliphatic rings. The number of hydrogen-bond acceptors (Lipinski definition) is 4. The van der Waals surface area contributed by atoms with Gasteiger partial charge in [0.05, 0.1) is 12.4 Å². The third kappa shape index (κ3) is 2.75. The number of nitrogens with zero attached hydrogens (tertiary/aromatic N) is 2. The molecule has 0 spiro atoms. The quantitative estimate of drug-likeness (QED) is 0.811. The molecule has 0 saturated carbocycles. The fourth-order valence-electron chi connectivity index (χ4n) is 0.673. The second-order valence-electron chi connectivity index (χ2n) is 2.29. The van der Waals surface area contributed by atoms with Crippen LogP contribution in [0.1, 0.15) is 0 Å². The summed E-state index contributed by atoms with van der Waals surface area (Å²) >= 11 is 0. The number of nitrogens with one attached hydrogen (secondary N) is 1. The molecule has 0 radical (unpaired) electrons. The molecule has 0 bridgehead atoms. The molecule has 1 heterocycles. The van der Waals surface area contributed by atoms with Crippen molar-refractivity contribution in [2.24, 2.45) is 0 Å². The van der Waals surface area contributed by atoms with Crippen LogP contribution in [0.15, 0.2) is 12.4 Å². The van der Waals surface area contributed by atoms with Crippen LogP contribution in [0.25, 0.3) is 0 Å². The molecule has 0 aliphatic carbocycles. The summed E-state index contributed by atoms with van der Waals surface area (Å²) in [4.78, 5) is 7.25.